The van der Waals surface area contributed by atoms with Crippen molar-refractivity contribution in [2.24, 2.45) is 17.3 Å². The van der Waals surface area contributed by atoms with Crippen molar-refractivity contribution in [3.8, 4) is 16.5 Å². The highest BCUT2D eigenvalue weighted by atomic mass is 32.2. The van der Waals surface area contributed by atoms with Crippen LogP contribution in [-0.2, 0) is 24.4 Å². The molecule has 2 aromatic heterocycles. The van der Waals surface area contributed by atoms with Crippen molar-refractivity contribution < 1.29 is 36.3 Å². The fraction of sp³-hybridized carbons (Fsp3) is 0.595. The standard InChI is InChI=1S/C37H46F2N6O6S2/c1-36(2,3)30(40-19-21-9-4-5-10-21)34(47)45-20-22(51-33-29(28-13-8-16-52-28)41-25-11-6-7-12-26(25)42-33)17-27(45)32(46)43-37(18-24(37)31(38)39)35(48)44-53(49,50)23-14-15-23/h6-8,11-13,16,21-24,27,30-31,40H,4-5,9-10,14-15,17-20H2,1-3H3,(H,43,46)(H,44,48)/t22-,24+,27?,30-,37-/m1/s1. The Kier molecular flexibility index (Phi) is 10.3. The highest BCUT2D eigenvalue weighted by molar-refractivity contribution is 7.91. The van der Waals surface area contributed by atoms with Gasteiger partial charge in [-0.1, -0.05) is 51.8 Å². The minimum Gasteiger partial charge on any atom is -0.471 e. The lowest BCUT2D eigenvalue weighted by atomic mass is 9.85. The number of rotatable bonds is 13. The molecule has 4 aliphatic rings. The number of aromatic nitrogens is 2. The Labute approximate surface area is 311 Å². The second-order valence-corrected chi connectivity index (χ2v) is 18.9. The van der Waals surface area contributed by atoms with Crippen LogP contribution < -0.4 is 20.1 Å². The number of hydrogen-bond donors (Lipinski definition) is 3. The number of nitrogens with one attached hydrogen (secondary N) is 3. The first kappa shape index (κ1) is 37.6. The molecular formula is C37H46F2N6O6S2. The van der Waals surface area contributed by atoms with Crippen molar-refractivity contribution in [3.05, 3.63) is 41.8 Å². The SMILES string of the molecule is CC(C)(C)[C@H](NCC1CCCC1)C(=O)N1C[C@H](Oc2nc3ccccc3nc2-c2cccs2)CC1C(=O)N[C@]1(C(=O)NS(=O)(=O)C2CC2)C[C@H]1C(F)F. The van der Waals surface area contributed by atoms with Crippen LogP contribution in [0.2, 0.25) is 0 Å². The molecule has 286 valence electrons. The molecule has 7 rings (SSSR count). The van der Waals surface area contributed by atoms with Gasteiger partial charge in [-0.15, -0.1) is 11.3 Å². The topological polar surface area (TPSA) is 160 Å². The zero-order chi connectivity index (χ0) is 37.7. The van der Waals surface area contributed by atoms with Crippen LogP contribution in [0.25, 0.3) is 21.6 Å². The molecule has 3 aromatic rings. The van der Waals surface area contributed by atoms with E-state index in [2.05, 4.69) is 10.6 Å². The Hall–Kier alpha value is -3.76. The molecule has 3 N–H and O–H groups in total. The van der Waals surface area contributed by atoms with Gasteiger partial charge >= 0.3 is 0 Å². The van der Waals surface area contributed by atoms with E-state index in [-0.39, 0.29) is 24.8 Å². The van der Waals surface area contributed by atoms with Crippen LogP contribution in [0.5, 0.6) is 5.88 Å². The number of ether oxygens (including phenoxy) is 1. The molecule has 0 bridgehead atoms. The third-order valence-electron chi connectivity index (χ3n) is 10.9. The van der Waals surface area contributed by atoms with E-state index in [1.54, 1.807) is 6.07 Å². The van der Waals surface area contributed by atoms with E-state index in [4.69, 9.17) is 14.7 Å². The highest BCUT2D eigenvalue weighted by Gasteiger charge is 2.66. The van der Waals surface area contributed by atoms with Gasteiger partial charge in [-0.25, -0.2) is 27.2 Å². The van der Waals surface area contributed by atoms with Crippen molar-refractivity contribution >= 4 is 50.1 Å². The molecule has 1 aliphatic heterocycles. The number of sulfonamides is 1. The number of hydrogen-bond acceptors (Lipinski definition) is 10. The van der Waals surface area contributed by atoms with Crippen LogP contribution in [0, 0.1) is 17.3 Å². The average molecular weight is 773 g/mol. The third kappa shape index (κ3) is 7.90. The van der Waals surface area contributed by atoms with Crippen LogP contribution in [0.4, 0.5) is 8.78 Å². The summed E-state index contributed by atoms with van der Waals surface area (Å²) in [5.41, 5.74) is -0.952. The molecule has 12 nitrogen and oxygen atoms in total. The molecule has 3 heterocycles. The molecule has 3 saturated carbocycles. The molecule has 1 saturated heterocycles. The molecule has 16 heteroatoms. The number of carbonyl (C=O) groups is 3. The van der Waals surface area contributed by atoms with Crippen LogP contribution >= 0.6 is 11.3 Å². The first-order valence-electron chi connectivity index (χ1n) is 18.3. The van der Waals surface area contributed by atoms with Gasteiger partial charge in [-0.3, -0.25) is 19.1 Å². The van der Waals surface area contributed by atoms with E-state index in [9.17, 15) is 31.6 Å². The minimum atomic E-state index is -4.08. The van der Waals surface area contributed by atoms with E-state index in [1.807, 2.05) is 61.2 Å². The maximum absolute atomic E-state index is 14.6. The molecule has 0 spiro atoms. The summed E-state index contributed by atoms with van der Waals surface area (Å²) in [6, 6.07) is 9.21. The second-order valence-electron chi connectivity index (χ2n) is 16.0. The lowest BCUT2D eigenvalue weighted by Gasteiger charge is -2.36. The third-order valence-corrected chi connectivity index (χ3v) is 13.6. The minimum absolute atomic E-state index is 0.0273. The summed E-state index contributed by atoms with van der Waals surface area (Å²) in [6.07, 6.45) is 0.896. The monoisotopic (exact) mass is 772 g/mol. The lowest BCUT2D eigenvalue weighted by molar-refractivity contribution is -0.143. The van der Waals surface area contributed by atoms with Gasteiger partial charge in [0, 0.05) is 6.42 Å². The van der Waals surface area contributed by atoms with Gasteiger partial charge in [-0.05, 0) is 73.6 Å². The summed E-state index contributed by atoms with van der Waals surface area (Å²) in [5, 5.41) is 7.13. The summed E-state index contributed by atoms with van der Waals surface area (Å²) in [7, 11) is -4.08. The van der Waals surface area contributed by atoms with Crippen molar-refractivity contribution in [1.29, 1.82) is 0 Å². The molecule has 3 amide bonds. The molecule has 0 radical (unpaired) electrons. The highest BCUT2D eigenvalue weighted by Crippen LogP contribution is 2.48. The number of nitrogens with zero attached hydrogens (tertiary/aromatic N) is 3. The van der Waals surface area contributed by atoms with E-state index < -0.39 is 75.0 Å². The Balaban J connectivity index is 1.19. The first-order valence-corrected chi connectivity index (χ1v) is 20.8. The fourth-order valence-electron chi connectivity index (χ4n) is 7.64. The number of thiophene rings is 1. The lowest BCUT2D eigenvalue weighted by Crippen LogP contribution is -2.60. The van der Waals surface area contributed by atoms with E-state index >= 15 is 0 Å². The van der Waals surface area contributed by atoms with E-state index in [1.165, 1.54) is 16.2 Å². The van der Waals surface area contributed by atoms with Crippen molar-refractivity contribution in [3.63, 3.8) is 0 Å². The number of para-hydroxylation sites is 2. The zero-order valence-corrected chi connectivity index (χ0v) is 31.7. The van der Waals surface area contributed by atoms with Crippen LogP contribution in [0.3, 0.4) is 0 Å². The van der Waals surface area contributed by atoms with Gasteiger partial charge in [0.2, 0.25) is 34.1 Å². The van der Waals surface area contributed by atoms with Gasteiger partial charge in [0.05, 0.1) is 39.7 Å². The summed E-state index contributed by atoms with van der Waals surface area (Å²) >= 11 is 1.46. The molecule has 53 heavy (non-hydrogen) atoms. The maximum atomic E-state index is 14.6. The fourth-order valence-corrected chi connectivity index (χ4v) is 9.71. The number of halogens is 2. The summed E-state index contributed by atoms with van der Waals surface area (Å²) < 4.78 is 62.1. The summed E-state index contributed by atoms with van der Waals surface area (Å²) in [6.45, 7) is 6.41. The Morgan fingerprint density at radius 3 is 2.34 bits per heavy atom. The van der Waals surface area contributed by atoms with Crippen LogP contribution in [0.1, 0.15) is 72.1 Å². The predicted molar refractivity (Wildman–Crippen MR) is 196 cm³/mol. The first-order chi connectivity index (χ1) is 25.2. The van der Waals surface area contributed by atoms with Gasteiger partial charge in [0.25, 0.3) is 5.91 Å². The molecule has 3 aliphatic carbocycles. The predicted octanol–water partition coefficient (Wildman–Crippen LogP) is 4.65. The van der Waals surface area contributed by atoms with Gasteiger partial charge in [0.15, 0.2) is 0 Å². The van der Waals surface area contributed by atoms with E-state index in [0.717, 1.165) is 30.6 Å². The maximum Gasteiger partial charge on any atom is 0.259 e. The number of fused-ring (bicyclic) bond motifs is 1. The molecule has 1 aromatic carbocycles. The Morgan fingerprint density at radius 2 is 1.74 bits per heavy atom. The molecule has 5 atom stereocenters. The Morgan fingerprint density at radius 1 is 1.04 bits per heavy atom. The van der Waals surface area contributed by atoms with Gasteiger partial charge in [0.1, 0.15) is 23.4 Å². The summed E-state index contributed by atoms with van der Waals surface area (Å²) in [5.74, 6) is -3.33. The average Bonchev–Trinajstić information content (AvgIpc) is 3.86. The number of likely N-dealkylation sites (tertiary alicyclic amines) is 1. The van der Waals surface area contributed by atoms with Gasteiger partial charge < -0.3 is 20.3 Å². The number of benzene rings is 1. The molecular weight excluding hydrogens is 727 g/mol. The summed E-state index contributed by atoms with van der Waals surface area (Å²) in [4.78, 5) is 54.1. The molecule has 1 unspecified atom stereocenters. The quantitative estimate of drug-likeness (QED) is 0.225. The number of alkyl halides is 2. The normalized spacial score (nSPS) is 25.5. The van der Waals surface area contributed by atoms with Gasteiger partial charge in [-0.2, -0.15) is 0 Å². The number of carbonyl (C=O) groups excluding carboxylic acids is 3. The zero-order valence-electron chi connectivity index (χ0n) is 30.0. The van der Waals surface area contributed by atoms with Crippen molar-refractivity contribution in [1.82, 2.24) is 30.2 Å². The Bertz CT molecular complexity index is 1970. The van der Waals surface area contributed by atoms with Crippen LogP contribution in [-0.4, -0.2) is 89.5 Å². The van der Waals surface area contributed by atoms with Crippen molar-refractivity contribution in [2.45, 2.75) is 108 Å². The smallest absolute Gasteiger partial charge is 0.259 e. The number of amides is 3. The van der Waals surface area contributed by atoms with Crippen LogP contribution in [0.15, 0.2) is 41.8 Å². The van der Waals surface area contributed by atoms with E-state index in [0.29, 0.717) is 42.0 Å². The van der Waals surface area contributed by atoms with Crippen molar-refractivity contribution in [2.75, 3.05) is 13.1 Å². The largest absolute Gasteiger partial charge is 0.471 e. The molecule has 4 fully saturated rings. The second kappa shape index (κ2) is 14.5.